The van der Waals surface area contributed by atoms with E-state index in [1.165, 1.54) is 5.57 Å². The lowest BCUT2D eigenvalue weighted by Gasteiger charge is -2.16. The molecule has 0 fully saturated rings. The number of hydrogen-bond acceptors (Lipinski definition) is 0. The minimum Gasteiger partial charge on any atom is -0.0996 e. The molecule has 9 heavy (non-hydrogen) atoms. The molecule has 0 saturated carbocycles. The molecule has 0 rings (SSSR count). The molecular formula is C9H18. The monoisotopic (exact) mass is 126 g/mol. The third-order valence-electron chi connectivity index (χ3n) is 2.10. The van der Waals surface area contributed by atoms with Crippen LogP contribution in [0.3, 0.4) is 0 Å². The summed E-state index contributed by atoms with van der Waals surface area (Å²) in [7, 11) is 0. The zero-order valence-corrected chi connectivity index (χ0v) is 7.07. The zero-order chi connectivity index (χ0) is 7.44. The van der Waals surface area contributed by atoms with Crippen LogP contribution in [-0.2, 0) is 0 Å². The highest BCUT2D eigenvalue weighted by Crippen LogP contribution is 2.19. The molecule has 0 aromatic carbocycles. The molecule has 54 valence electrons. The predicted octanol–water partition coefficient (Wildman–Crippen LogP) is 3.24. The molecule has 0 N–H and O–H groups in total. The van der Waals surface area contributed by atoms with Crippen molar-refractivity contribution in [2.45, 2.75) is 34.1 Å². The minimum atomic E-state index is 0.690. The fourth-order valence-corrected chi connectivity index (χ4v) is 0.793. The molecule has 0 aliphatic carbocycles. The maximum absolute atomic E-state index is 3.99. The Balaban J connectivity index is 3.72. The van der Waals surface area contributed by atoms with Crippen LogP contribution in [-0.4, -0.2) is 0 Å². The summed E-state index contributed by atoms with van der Waals surface area (Å²) < 4.78 is 0. The van der Waals surface area contributed by atoms with Gasteiger partial charge in [-0.1, -0.05) is 39.8 Å². The molecule has 0 aromatic heterocycles. The Morgan fingerprint density at radius 3 is 1.89 bits per heavy atom. The largest absolute Gasteiger partial charge is 0.0996 e. The van der Waals surface area contributed by atoms with E-state index in [4.69, 9.17) is 0 Å². The molecule has 0 heterocycles. The number of allylic oxidation sites excluding steroid dienone is 1. The van der Waals surface area contributed by atoms with Crippen molar-refractivity contribution >= 4 is 0 Å². The molecule has 0 aliphatic rings. The molecule has 0 unspecified atom stereocenters. The van der Waals surface area contributed by atoms with Crippen molar-refractivity contribution in [3.8, 4) is 0 Å². The normalized spacial score (nSPS) is 13.9. The Labute approximate surface area is 59.0 Å². The Hall–Kier alpha value is -0.260. The molecule has 0 spiro atoms. The van der Waals surface area contributed by atoms with E-state index in [1.54, 1.807) is 0 Å². The lowest BCUT2D eigenvalue weighted by Crippen LogP contribution is -2.05. The van der Waals surface area contributed by atoms with Gasteiger partial charge in [0.1, 0.15) is 0 Å². The van der Waals surface area contributed by atoms with Crippen LogP contribution in [0.4, 0.5) is 0 Å². The van der Waals surface area contributed by atoms with Gasteiger partial charge in [-0.25, -0.2) is 0 Å². The standard InChI is InChI=1S/C9H18/c1-6-8(4)9(5)7(2)3/h7,9H,4,6H2,1-3,5H3/t9-/m1/s1. The summed E-state index contributed by atoms with van der Waals surface area (Å²) in [6, 6.07) is 0. The van der Waals surface area contributed by atoms with Crippen molar-refractivity contribution in [2.24, 2.45) is 11.8 Å². The van der Waals surface area contributed by atoms with Gasteiger partial charge in [0.05, 0.1) is 0 Å². The van der Waals surface area contributed by atoms with Crippen LogP contribution in [0.5, 0.6) is 0 Å². The molecule has 0 heteroatoms. The van der Waals surface area contributed by atoms with Crippen molar-refractivity contribution in [2.75, 3.05) is 0 Å². The lowest BCUT2D eigenvalue weighted by atomic mass is 9.90. The summed E-state index contributed by atoms with van der Waals surface area (Å²) in [4.78, 5) is 0. The fraction of sp³-hybridized carbons (Fsp3) is 0.778. The molecule has 1 atom stereocenters. The zero-order valence-electron chi connectivity index (χ0n) is 7.07. The van der Waals surface area contributed by atoms with E-state index in [2.05, 4.69) is 34.3 Å². The van der Waals surface area contributed by atoms with E-state index in [-0.39, 0.29) is 0 Å². The summed E-state index contributed by atoms with van der Waals surface area (Å²) in [5, 5.41) is 0. The molecule has 0 bridgehead atoms. The van der Waals surface area contributed by atoms with E-state index < -0.39 is 0 Å². The Kier molecular flexibility index (Phi) is 3.60. The lowest BCUT2D eigenvalue weighted by molar-refractivity contribution is 0.472. The summed E-state index contributed by atoms with van der Waals surface area (Å²) >= 11 is 0. The summed E-state index contributed by atoms with van der Waals surface area (Å²) in [5.41, 5.74) is 1.38. The predicted molar refractivity (Wildman–Crippen MR) is 43.4 cm³/mol. The topological polar surface area (TPSA) is 0 Å². The van der Waals surface area contributed by atoms with Gasteiger partial charge in [-0.15, -0.1) is 0 Å². The summed E-state index contributed by atoms with van der Waals surface area (Å²) in [6.45, 7) is 12.9. The first-order chi connectivity index (χ1) is 4.09. The van der Waals surface area contributed by atoms with E-state index >= 15 is 0 Å². The third-order valence-corrected chi connectivity index (χ3v) is 2.10. The highest BCUT2D eigenvalue weighted by molar-refractivity contribution is 4.98. The second-order valence-electron chi connectivity index (χ2n) is 3.04. The Bertz CT molecular complexity index is 90.2. The molecule has 0 amide bonds. The van der Waals surface area contributed by atoms with Crippen molar-refractivity contribution in [3.63, 3.8) is 0 Å². The van der Waals surface area contributed by atoms with Crippen LogP contribution >= 0.6 is 0 Å². The molecule has 0 aromatic rings. The van der Waals surface area contributed by atoms with E-state index in [0.717, 1.165) is 12.3 Å². The van der Waals surface area contributed by atoms with Crippen molar-refractivity contribution in [3.05, 3.63) is 12.2 Å². The molecule has 0 saturated heterocycles. The van der Waals surface area contributed by atoms with Crippen LogP contribution in [0.2, 0.25) is 0 Å². The number of rotatable bonds is 3. The summed E-state index contributed by atoms with van der Waals surface area (Å²) in [6.07, 6.45) is 1.12. The van der Waals surface area contributed by atoms with Crippen LogP contribution in [0.1, 0.15) is 34.1 Å². The maximum Gasteiger partial charge on any atom is -0.0211 e. The van der Waals surface area contributed by atoms with E-state index in [0.29, 0.717) is 5.92 Å². The van der Waals surface area contributed by atoms with Crippen LogP contribution in [0.25, 0.3) is 0 Å². The smallest absolute Gasteiger partial charge is 0.0211 e. The first-order valence-corrected chi connectivity index (χ1v) is 3.77. The minimum absolute atomic E-state index is 0.690. The highest BCUT2D eigenvalue weighted by Gasteiger charge is 2.07. The van der Waals surface area contributed by atoms with Gasteiger partial charge in [-0.05, 0) is 18.3 Å². The van der Waals surface area contributed by atoms with Gasteiger partial charge < -0.3 is 0 Å². The average molecular weight is 126 g/mol. The maximum atomic E-state index is 3.99. The number of hydrogen-bond donors (Lipinski definition) is 0. The Morgan fingerprint density at radius 2 is 1.78 bits per heavy atom. The quantitative estimate of drug-likeness (QED) is 0.509. The Morgan fingerprint density at radius 1 is 1.33 bits per heavy atom. The first kappa shape index (κ1) is 8.74. The average Bonchev–Trinajstić information content (AvgIpc) is 1.84. The van der Waals surface area contributed by atoms with Gasteiger partial charge >= 0.3 is 0 Å². The molecule has 0 aliphatic heterocycles. The van der Waals surface area contributed by atoms with Crippen LogP contribution in [0.15, 0.2) is 12.2 Å². The van der Waals surface area contributed by atoms with E-state index in [1.807, 2.05) is 0 Å². The van der Waals surface area contributed by atoms with Crippen molar-refractivity contribution in [1.29, 1.82) is 0 Å². The molecule has 0 radical (unpaired) electrons. The SMILES string of the molecule is C=C(CC)[C@H](C)C(C)C. The van der Waals surface area contributed by atoms with Crippen molar-refractivity contribution in [1.82, 2.24) is 0 Å². The van der Waals surface area contributed by atoms with Gasteiger partial charge in [0.25, 0.3) is 0 Å². The summed E-state index contributed by atoms with van der Waals surface area (Å²) in [5.74, 6) is 1.44. The highest BCUT2D eigenvalue weighted by atomic mass is 14.1. The molecular weight excluding hydrogens is 108 g/mol. The van der Waals surface area contributed by atoms with Crippen LogP contribution in [0, 0.1) is 11.8 Å². The van der Waals surface area contributed by atoms with Crippen LogP contribution < -0.4 is 0 Å². The van der Waals surface area contributed by atoms with Gasteiger partial charge in [0.15, 0.2) is 0 Å². The first-order valence-electron chi connectivity index (χ1n) is 3.77. The van der Waals surface area contributed by atoms with Gasteiger partial charge in [-0.3, -0.25) is 0 Å². The van der Waals surface area contributed by atoms with Crippen molar-refractivity contribution < 1.29 is 0 Å². The fourth-order valence-electron chi connectivity index (χ4n) is 0.793. The van der Waals surface area contributed by atoms with Gasteiger partial charge in [0.2, 0.25) is 0 Å². The van der Waals surface area contributed by atoms with Gasteiger partial charge in [0, 0.05) is 0 Å². The van der Waals surface area contributed by atoms with Gasteiger partial charge in [-0.2, -0.15) is 0 Å². The second-order valence-corrected chi connectivity index (χ2v) is 3.04. The third kappa shape index (κ3) is 2.69. The van der Waals surface area contributed by atoms with E-state index in [9.17, 15) is 0 Å². The second kappa shape index (κ2) is 3.71. The molecule has 0 nitrogen and oxygen atoms in total.